The summed E-state index contributed by atoms with van der Waals surface area (Å²) in [6, 6.07) is 12.6. The molecule has 1 aliphatic heterocycles. The molecule has 1 aliphatic rings. The second-order valence-electron chi connectivity index (χ2n) is 4.83. The van der Waals surface area contributed by atoms with Gasteiger partial charge in [0.15, 0.2) is 6.23 Å². The molecule has 0 saturated carbocycles. The topological polar surface area (TPSA) is 62.7 Å². The highest BCUT2D eigenvalue weighted by Crippen LogP contribution is 2.31. The van der Waals surface area contributed by atoms with Crippen molar-refractivity contribution >= 4 is 5.91 Å². The molecule has 0 aliphatic carbocycles. The van der Waals surface area contributed by atoms with Crippen LogP contribution in [0.1, 0.15) is 28.6 Å². The molecule has 0 fully saturated rings. The van der Waals surface area contributed by atoms with E-state index >= 15 is 0 Å². The largest absolute Gasteiger partial charge is 0.478 e. The molecule has 0 radical (unpaired) electrons. The molecule has 1 aromatic heterocycles. The van der Waals surface area contributed by atoms with E-state index in [1.165, 1.54) is 4.90 Å². The highest BCUT2D eigenvalue weighted by Gasteiger charge is 2.34. The van der Waals surface area contributed by atoms with Crippen LogP contribution in [0.5, 0.6) is 5.88 Å². The molecule has 5 nitrogen and oxygen atoms in total. The van der Waals surface area contributed by atoms with Gasteiger partial charge >= 0.3 is 0 Å². The van der Waals surface area contributed by atoms with E-state index in [9.17, 15) is 9.90 Å². The maximum Gasteiger partial charge on any atom is 0.256 e. The van der Waals surface area contributed by atoms with E-state index in [1.54, 1.807) is 30.5 Å². The lowest BCUT2D eigenvalue weighted by molar-refractivity contribution is 0.0158. The fraction of sp³-hybridized carbons (Fsp3) is 0.250. The van der Waals surface area contributed by atoms with Crippen molar-refractivity contribution in [3.8, 4) is 5.88 Å². The number of pyridine rings is 1. The van der Waals surface area contributed by atoms with Crippen molar-refractivity contribution in [1.82, 2.24) is 9.88 Å². The third-order valence-corrected chi connectivity index (χ3v) is 3.46. The fourth-order valence-corrected chi connectivity index (χ4v) is 2.42. The Morgan fingerprint density at radius 1 is 1.19 bits per heavy atom. The fourth-order valence-electron chi connectivity index (χ4n) is 2.42. The first-order valence-corrected chi connectivity index (χ1v) is 6.89. The van der Waals surface area contributed by atoms with Gasteiger partial charge < -0.3 is 14.7 Å². The van der Waals surface area contributed by atoms with Crippen molar-refractivity contribution in [3.05, 3.63) is 59.8 Å². The second kappa shape index (κ2) is 5.93. The average molecular weight is 284 g/mol. The van der Waals surface area contributed by atoms with Crippen molar-refractivity contribution < 1.29 is 14.6 Å². The third kappa shape index (κ3) is 2.73. The van der Waals surface area contributed by atoms with Gasteiger partial charge in [0.2, 0.25) is 5.88 Å². The Hall–Kier alpha value is -2.40. The van der Waals surface area contributed by atoms with Gasteiger partial charge in [-0.2, -0.15) is 0 Å². The number of hydrogen-bond acceptors (Lipinski definition) is 4. The Morgan fingerprint density at radius 2 is 2.00 bits per heavy atom. The van der Waals surface area contributed by atoms with Gasteiger partial charge in [0, 0.05) is 29.9 Å². The van der Waals surface area contributed by atoms with Crippen molar-refractivity contribution in [2.45, 2.75) is 12.6 Å². The molecule has 1 unspecified atom stereocenters. The smallest absolute Gasteiger partial charge is 0.256 e. The number of nitrogens with zero attached hydrogens (tertiary/aromatic N) is 2. The van der Waals surface area contributed by atoms with Crippen LogP contribution in [0, 0.1) is 0 Å². The molecule has 108 valence electrons. The number of carbonyl (C=O) groups excluding carboxylic acids is 1. The molecule has 21 heavy (non-hydrogen) atoms. The van der Waals surface area contributed by atoms with E-state index in [0.29, 0.717) is 36.6 Å². The number of aromatic nitrogens is 1. The van der Waals surface area contributed by atoms with Gasteiger partial charge in [0.05, 0.1) is 6.61 Å². The third-order valence-electron chi connectivity index (χ3n) is 3.46. The normalized spacial score (nSPS) is 16.9. The van der Waals surface area contributed by atoms with Gasteiger partial charge in [-0.05, 0) is 18.6 Å². The first-order chi connectivity index (χ1) is 10.3. The van der Waals surface area contributed by atoms with Gasteiger partial charge in [-0.1, -0.05) is 24.3 Å². The van der Waals surface area contributed by atoms with Crippen LogP contribution in [0.15, 0.2) is 48.7 Å². The van der Waals surface area contributed by atoms with Crippen molar-refractivity contribution in [1.29, 1.82) is 0 Å². The molecule has 1 aromatic carbocycles. The standard InChI is InChI=1S/C16H16N2O3/c19-15-12-6-1-2-7-13(12)16(20)18(15)10-5-11-21-14-8-3-4-9-17-14/h1-4,6-9,15,19H,5,10-11H2. The number of amides is 1. The summed E-state index contributed by atoms with van der Waals surface area (Å²) in [5.74, 6) is 0.435. The van der Waals surface area contributed by atoms with Crippen LogP contribution in [0.25, 0.3) is 0 Å². The van der Waals surface area contributed by atoms with Gasteiger partial charge in [-0.15, -0.1) is 0 Å². The van der Waals surface area contributed by atoms with Gasteiger partial charge in [-0.3, -0.25) is 4.79 Å². The van der Waals surface area contributed by atoms with Crippen LogP contribution in [-0.4, -0.2) is 34.0 Å². The Labute approximate surface area is 122 Å². The summed E-state index contributed by atoms with van der Waals surface area (Å²) in [5.41, 5.74) is 1.25. The zero-order chi connectivity index (χ0) is 14.7. The molecule has 2 heterocycles. The maximum atomic E-state index is 12.2. The molecular weight excluding hydrogens is 268 g/mol. The lowest BCUT2D eigenvalue weighted by atomic mass is 10.1. The molecule has 1 amide bonds. The number of aliphatic hydroxyl groups excluding tert-OH is 1. The Bertz CT molecular complexity index is 630. The predicted molar refractivity (Wildman–Crippen MR) is 76.8 cm³/mol. The molecule has 3 rings (SSSR count). The minimum Gasteiger partial charge on any atom is -0.478 e. The second-order valence-corrected chi connectivity index (χ2v) is 4.83. The quantitative estimate of drug-likeness (QED) is 0.853. The molecule has 0 bridgehead atoms. The van der Waals surface area contributed by atoms with Crippen molar-refractivity contribution in [2.24, 2.45) is 0 Å². The van der Waals surface area contributed by atoms with Gasteiger partial charge in [-0.25, -0.2) is 4.98 Å². The first-order valence-electron chi connectivity index (χ1n) is 6.89. The Balaban J connectivity index is 1.54. The first kappa shape index (κ1) is 13.6. The summed E-state index contributed by atoms with van der Waals surface area (Å²) in [6.45, 7) is 0.894. The number of aliphatic hydroxyl groups is 1. The molecule has 1 N–H and O–H groups in total. The highest BCUT2D eigenvalue weighted by molar-refractivity contribution is 5.98. The summed E-state index contributed by atoms with van der Waals surface area (Å²) in [5, 5.41) is 10.2. The zero-order valence-electron chi connectivity index (χ0n) is 11.5. The minimum absolute atomic E-state index is 0.129. The van der Waals surface area contributed by atoms with Gasteiger partial charge in [0.1, 0.15) is 0 Å². The number of benzene rings is 1. The SMILES string of the molecule is O=C1c2ccccc2C(O)N1CCCOc1ccccn1. The summed E-state index contributed by atoms with van der Waals surface area (Å²) < 4.78 is 5.48. The van der Waals surface area contributed by atoms with Gasteiger partial charge in [0.25, 0.3) is 5.91 Å². The van der Waals surface area contributed by atoms with Crippen LogP contribution in [0.3, 0.4) is 0 Å². The van der Waals surface area contributed by atoms with E-state index in [1.807, 2.05) is 18.2 Å². The number of rotatable bonds is 5. The van der Waals surface area contributed by atoms with E-state index in [-0.39, 0.29) is 5.91 Å². The van der Waals surface area contributed by atoms with Crippen LogP contribution in [-0.2, 0) is 0 Å². The van der Waals surface area contributed by atoms with Crippen molar-refractivity contribution in [3.63, 3.8) is 0 Å². The lowest BCUT2D eigenvalue weighted by Gasteiger charge is -2.20. The zero-order valence-corrected chi connectivity index (χ0v) is 11.5. The molecule has 1 atom stereocenters. The van der Waals surface area contributed by atoms with Crippen LogP contribution in [0.2, 0.25) is 0 Å². The summed E-state index contributed by atoms with van der Waals surface area (Å²) in [4.78, 5) is 17.7. The number of hydrogen-bond donors (Lipinski definition) is 1. The number of carbonyl (C=O) groups is 1. The lowest BCUT2D eigenvalue weighted by Crippen LogP contribution is -2.29. The van der Waals surface area contributed by atoms with Crippen molar-refractivity contribution in [2.75, 3.05) is 13.2 Å². The van der Waals surface area contributed by atoms with E-state index in [2.05, 4.69) is 4.98 Å². The molecular formula is C16H16N2O3. The molecule has 0 saturated heterocycles. The van der Waals surface area contributed by atoms with E-state index < -0.39 is 6.23 Å². The van der Waals surface area contributed by atoms with Crippen LogP contribution >= 0.6 is 0 Å². The highest BCUT2D eigenvalue weighted by atomic mass is 16.5. The minimum atomic E-state index is -0.858. The number of fused-ring (bicyclic) bond motifs is 1. The Morgan fingerprint density at radius 3 is 2.76 bits per heavy atom. The van der Waals surface area contributed by atoms with E-state index in [0.717, 1.165) is 0 Å². The predicted octanol–water partition coefficient (Wildman–Crippen LogP) is 2.00. The Kier molecular flexibility index (Phi) is 3.83. The average Bonchev–Trinajstić information content (AvgIpc) is 2.77. The van der Waals surface area contributed by atoms with Crippen LogP contribution in [0.4, 0.5) is 0 Å². The maximum absolute atomic E-state index is 12.2. The number of ether oxygens (including phenoxy) is 1. The molecule has 5 heteroatoms. The summed E-state index contributed by atoms with van der Waals surface area (Å²) in [7, 11) is 0. The van der Waals surface area contributed by atoms with Crippen LogP contribution < -0.4 is 4.74 Å². The molecule has 2 aromatic rings. The molecule has 0 spiro atoms. The summed E-state index contributed by atoms with van der Waals surface area (Å²) >= 11 is 0. The van der Waals surface area contributed by atoms with E-state index in [4.69, 9.17) is 4.74 Å². The monoisotopic (exact) mass is 284 g/mol. The summed E-state index contributed by atoms with van der Waals surface area (Å²) in [6.07, 6.45) is 1.44.